The van der Waals surface area contributed by atoms with E-state index in [0.29, 0.717) is 32.8 Å². The number of likely N-dealkylation sites (N-methyl/N-ethyl adjacent to an activating group) is 1. The van der Waals surface area contributed by atoms with E-state index in [-0.39, 0.29) is 18.4 Å². The summed E-state index contributed by atoms with van der Waals surface area (Å²) in [6.07, 6.45) is 0. The topological polar surface area (TPSA) is 75.4 Å². The van der Waals surface area contributed by atoms with Gasteiger partial charge in [0.05, 0.1) is 22.3 Å². The van der Waals surface area contributed by atoms with Crippen molar-refractivity contribution in [3.63, 3.8) is 0 Å². The largest absolute Gasteiger partial charge is 0.361 e. The number of halogens is 2. The van der Waals surface area contributed by atoms with Gasteiger partial charge in [-0.05, 0) is 32.0 Å². The van der Waals surface area contributed by atoms with Crippen molar-refractivity contribution in [2.45, 2.75) is 13.8 Å². The average molecular weight is 356 g/mol. The van der Waals surface area contributed by atoms with Crippen LogP contribution in [0.5, 0.6) is 0 Å². The minimum absolute atomic E-state index is 0.122. The normalized spacial score (nSPS) is 10.5. The Hall–Kier alpha value is -2.05. The van der Waals surface area contributed by atoms with E-state index in [1.807, 2.05) is 0 Å². The van der Waals surface area contributed by atoms with Crippen LogP contribution in [0.15, 0.2) is 22.7 Å². The van der Waals surface area contributed by atoms with Crippen LogP contribution in [-0.4, -0.2) is 35.5 Å². The third-order valence-electron chi connectivity index (χ3n) is 3.18. The van der Waals surface area contributed by atoms with Crippen molar-refractivity contribution in [2.75, 3.05) is 18.9 Å². The number of rotatable bonds is 4. The van der Waals surface area contributed by atoms with Gasteiger partial charge in [-0.1, -0.05) is 28.4 Å². The zero-order valence-corrected chi connectivity index (χ0v) is 14.3. The van der Waals surface area contributed by atoms with E-state index in [4.69, 9.17) is 27.7 Å². The molecule has 0 aliphatic carbocycles. The van der Waals surface area contributed by atoms with Crippen molar-refractivity contribution >= 4 is 40.7 Å². The van der Waals surface area contributed by atoms with Crippen LogP contribution >= 0.6 is 23.2 Å². The maximum absolute atomic E-state index is 12.3. The highest BCUT2D eigenvalue weighted by molar-refractivity contribution is 6.42. The van der Waals surface area contributed by atoms with Gasteiger partial charge in [0.15, 0.2) is 0 Å². The van der Waals surface area contributed by atoms with Crippen molar-refractivity contribution < 1.29 is 14.1 Å². The zero-order valence-electron chi connectivity index (χ0n) is 12.8. The molecule has 0 bridgehead atoms. The molecule has 0 aliphatic rings. The van der Waals surface area contributed by atoms with Gasteiger partial charge in [-0.3, -0.25) is 9.59 Å². The van der Waals surface area contributed by atoms with E-state index < -0.39 is 0 Å². The number of hydrogen-bond acceptors (Lipinski definition) is 4. The summed E-state index contributed by atoms with van der Waals surface area (Å²) in [5, 5.41) is 7.13. The monoisotopic (exact) mass is 355 g/mol. The molecular weight excluding hydrogens is 341 g/mol. The van der Waals surface area contributed by atoms with Crippen LogP contribution in [0.25, 0.3) is 0 Å². The molecule has 2 aromatic rings. The number of anilines is 1. The Balaban J connectivity index is 2.02. The molecule has 1 aromatic heterocycles. The number of nitrogens with zero attached hydrogens (tertiary/aromatic N) is 2. The van der Waals surface area contributed by atoms with Crippen LogP contribution in [0.1, 0.15) is 21.8 Å². The molecule has 2 amide bonds. The zero-order chi connectivity index (χ0) is 17.1. The summed E-state index contributed by atoms with van der Waals surface area (Å²) in [5.74, 6) is -0.263. The minimum atomic E-state index is -0.356. The van der Waals surface area contributed by atoms with Gasteiger partial charge in [-0.15, -0.1) is 0 Å². The lowest BCUT2D eigenvalue weighted by Crippen LogP contribution is -2.35. The smallest absolute Gasteiger partial charge is 0.259 e. The Morgan fingerprint density at radius 1 is 1.26 bits per heavy atom. The van der Waals surface area contributed by atoms with E-state index >= 15 is 0 Å². The van der Waals surface area contributed by atoms with Gasteiger partial charge in [-0.25, -0.2) is 0 Å². The van der Waals surface area contributed by atoms with Gasteiger partial charge in [0.1, 0.15) is 11.3 Å². The lowest BCUT2D eigenvalue weighted by atomic mass is 10.2. The predicted octanol–water partition coefficient (Wildman–Crippen LogP) is 3.31. The van der Waals surface area contributed by atoms with E-state index in [0.717, 1.165) is 0 Å². The van der Waals surface area contributed by atoms with Crippen LogP contribution in [0, 0.1) is 13.8 Å². The minimum Gasteiger partial charge on any atom is -0.361 e. The summed E-state index contributed by atoms with van der Waals surface area (Å²) in [7, 11) is 1.53. The standard InChI is InChI=1S/C15H15Cl2N3O3/c1-8-14(9(2)23-19-8)15(22)20(3)7-13(21)18-10-4-5-11(16)12(17)6-10/h4-6H,7H2,1-3H3,(H,18,21). The first kappa shape index (κ1) is 17.3. The quantitative estimate of drug-likeness (QED) is 0.912. The van der Waals surface area contributed by atoms with Crippen molar-refractivity contribution in [3.8, 4) is 0 Å². The summed E-state index contributed by atoms with van der Waals surface area (Å²) in [6.45, 7) is 3.20. The van der Waals surface area contributed by atoms with Gasteiger partial charge in [0.2, 0.25) is 5.91 Å². The summed E-state index contributed by atoms with van der Waals surface area (Å²) in [5.41, 5.74) is 1.36. The predicted molar refractivity (Wildman–Crippen MR) is 88.0 cm³/mol. The van der Waals surface area contributed by atoms with Crippen molar-refractivity contribution in [2.24, 2.45) is 0 Å². The van der Waals surface area contributed by atoms with Gasteiger partial charge in [-0.2, -0.15) is 0 Å². The number of nitrogens with one attached hydrogen (secondary N) is 1. The molecular formula is C15H15Cl2N3O3. The molecule has 0 aliphatic heterocycles. The fourth-order valence-electron chi connectivity index (χ4n) is 2.04. The summed E-state index contributed by atoms with van der Waals surface area (Å²) >= 11 is 11.7. The van der Waals surface area contributed by atoms with Gasteiger partial charge >= 0.3 is 0 Å². The fraction of sp³-hybridized carbons (Fsp3) is 0.267. The first-order valence-electron chi connectivity index (χ1n) is 6.73. The fourth-order valence-corrected chi connectivity index (χ4v) is 2.34. The van der Waals surface area contributed by atoms with Crippen LogP contribution in [-0.2, 0) is 4.79 Å². The molecule has 8 heteroatoms. The Labute approximate surface area is 143 Å². The lowest BCUT2D eigenvalue weighted by Gasteiger charge is -2.16. The van der Waals surface area contributed by atoms with Gasteiger partial charge < -0.3 is 14.7 Å². The Kier molecular flexibility index (Phi) is 5.28. The van der Waals surface area contributed by atoms with Crippen LogP contribution in [0.4, 0.5) is 5.69 Å². The van der Waals surface area contributed by atoms with E-state index in [1.54, 1.807) is 26.0 Å². The Morgan fingerprint density at radius 3 is 2.52 bits per heavy atom. The second-order valence-corrected chi connectivity index (χ2v) is 5.85. The molecule has 0 radical (unpaired) electrons. The second kappa shape index (κ2) is 7.02. The molecule has 122 valence electrons. The summed E-state index contributed by atoms with van der Waals surface area (Å²) in [4.78, 5) is 25.7. The van der Waals surface area contributed by atoms with E-state index in [1.165, 1.54) is 18.0 Å². The first-order valence-corrected chi connectivity index (χ1v) is 7.48. The lowest BCUT2D eigenvalue weighted by molar-refractivity contribution is -0.116. The SMILES string of the molecule is Cc1noc(C)c1C(=O)N(C)CC(=O)Nc1ccc(Cl)c(Cl)c1. The Morgan fingerprint density at radius 2 is 1.96 bits per heavy atom. The third kappa shape index (κ3) is 4.03. The van der Waals surface area contributed by atoms with E-state index in [2.05, 4.69) is 10.5 Å². The number of hydrogen-bond donors (Lipinski definition) is 1. The first-order chi connectivity index (χ1) is 10.8. The number of carbonyl (C=O) groups excluding carboxylic acids is 2. The third-order valence-corrected chi connectivity index (χ3v) is 3.92. The molecule has 1 heterocycles. The molecule has 6 nitrogen and oxygen atoms in total. The van der Waals surface area contributed by atoms with Crippen LogP contribution < -0.4 is 5.32 Å². The molecule has 0 fully saturated rings. The number of amides is 2. The number of aryl methyl sites for hydroxylation is 2. The summed E-state index contributed by atoms with van der Waals surface area (Å²) < 4.78 is 4.97. The summed E-state index contributed by atoms with van der Waals surface area (Å²) in [6, 6.07) is 4.75. The van der Waals surface area contributed by atoms with Crippen molar-refractivity contribution in [1.82, 2.24) is 10.1 Å². The molecule has 0 spiro atoms. The molecule has 0 atom stereocenters. The highest BCUT2D eigenvalue weighted by atomic mass is 35.5. The molecule has 1 N–H and O–H groups in total. The Bertz CT molecular complexity index is 739. The van der Waals surface area contributed by atoms with Gasteiger partial charge in [0.25, 0.3) is 5.91 Å². The van der Waals surface area contributed by atoms with Crippen molar-refractivity contribution in [3.05, 3.63) is 45.3 Å². The second-order valence-electron chi connectivity index (χ2n) is 5.04. The molecule has 2 rings (SSSR count). The molecule has 0 saturated carbocycles. The maximum atomic E-state index is 12.3. The average Bonchev–Trinajstić information content (AvgIpc) is 2.81. The van der Waals surface area contributed by atoms with E-state index in [9.17, 15) is 9.59 Å². The van der Waals surface area contributed by atoms with Crippen LogP contribution in [0.2, 0.25) is 10.0 Å². The maximum Gasteiger partial charge on any atom is 0.259 e. The number of benzene rings is 1. The molecule has 23 heavy (non-hydrogen) atoms. The van der Waals surface area contributed by atoms with Gasteiger partial charge in [0, 0.05) is 12.7 Å². The molecule has 0 unspecified atom stereocenters. The van der Waals surface area contributed by atoms with Crippen LogP contribution in [0.3, 0.4) is 0 Å². The molecule has 1 aromatic carbocycles. The number of aromatic nitrogens is 1. The molecule has 0 saturated heterocycles. The highest BCUT2D eigenvalue weighted by Crippen LogP contribution is 2.25. The van der Waals surface area contributed by atoms with Crippen molar-refractivity contribution in [1.29, 1.82) is 0 Å². The number of carbonyl (C=O) groups is 2. The highest BCUT2D eigenvalue weighted by Gasteiger charge is 2.22.